The van der Waals surface area contributed by atoms with Crippen LogP contribution in [0.4, 0.5) is 0 Å². The van der Waals surface area contributed by atoms with Crippen molar-refractivity contribution in [3.8, 4) is 0 Å². The summed E-state index contributed by atoms with van der Waals surface area (Å²) in [6, 6.07) is 6.13. The number of benzene rings is 1. The van der Waals surface area contributed by atoms with Crippen molar-refractivity contribution in [2.24, 2.45) is 0 Å². The van der Waals surface area contributed by atoms with Crippen molar-refractivity contribution >= 4 is 17.6 Å². The van der Waals surface area contributed by atoms with Gasteiger partial charge in [0.25, 0.3) is 0 Å². The van der Waals surface area contributed by atoms with E-state index in [1.807, 2.05) is 13.0 Å². The molecular formula is C14H19ClO2. The third-order valence-corrected chi connectivity index (χ3v) is 2.91. The van der Waals surface area contributed by atoms with E-state index in [2.05, 4.69) is 19.1 Å². The number of halogens is 1. The number of carbonyl (C=O) groups excluding carboxylic acids is 1. The molecule has 0 saturated heterocycles. The van der Waals surface area contributed by atoms with Crippen LogP contribution in [0.25, 0.3) is 0 Å². The van der Waals surface area contributed by atoms with Crippen LogP contribution in [0, 0.1) is 6.92 Å². The Kier molecular flexibility index (Phi) is 6.06. The highest BCUT2D eigenvalue weighted by molar-refractivity contribution is 6.17. The number of aryl methyl sites for hydroxylation is 2. The Labute approximate surface area is 108 Å². The molecule has 0 spiro atoms. The molecule has 1 rings (SSSR count). The fourth-order valence-electron chi connectivity index (χ4n) is 1.78. The van der Waals surface area contributed by atoms with Gasteiger partial charge in [0.15, 0.2) is 0 Å². The zero-order valence-electron chi connectivity index (χ0n) is 10.5. The van der Waals surface area contributed by atoms with Gasteiger partial charge in [-0.2, -0.15) is 0 Å². The average Bonchev–Trinajstić information content (AvgIpc) is 2.28. The Morgan fingerprint density at radius 3 is 2.76 bits per heavy atom. The second-order valence-electron chi connectivity index (χ2n) is 4.04. The van der Waals surface area contributed by atoms with Gasteiger partial charge in [0.1, 0.15) is 0 Å². The molecule has 3 heteroatoms. The fourth-order valence-corrected chi connectivity index (χ4v) is 1.92. The van der Waals surface area contributed by atoms with E-state index in [0.29, 0.717) is 18.9 Å². The third-order valence-electron chi connectivity index (χ3n) is 2.64. The minimum atomic E-state index is -0.166. The maximum Gasteiger partial charge on any atom is 0.310 e. The molecule has 94 valence electrons. The monoisotopic (exact) mass is 254 g/mol. The third kappa shape index (κ3) is 4.78. The topological polar surface area (TPSA) is 26.3 Å². The second kappa shape index (κ2) is 7.33. The van der Waals surface area contributed by atoms with E-state index >= 15 is 0 Å². The SMILES string of the molecule is CCOC(=O)Cc1ccc(CCCCl)c(C)c1. The van der Waals surface area contributed by atoms with Gasteiger partial charge >= 0.3 is 5.97 Å². The molecule has 0 aromatic heterocycles. The van der Waals surface area contributed by atoms with Gasteiger partial charge in [-0.1, -0.05) is 18.2 Å². The van der Waals surface area contributed by atoms with Crippen LogP contribution in [-0.4, -0.2) is 18.5 Å². The van der Waals surface area contributed by atoms with Crippen molar-refractivity contribution in [2.75, 3.05) is 12.5 Å². The maximum atomic E-state index is 11.3. The van der Waals surface area contributed by atoms with Crippen molar-refractivity contribution < 1.29 is 9.53 Å². The van der Waals surface area contributed by atoms with Gasteiger partial charge < -0.3 is 4.74 Å². The van der Waals surface area contributed by atoms with E-state index in [1.54, 1.807) is 0 Å². The van der Waals surface area contributed by atoms with Crippen LogP contribution in [0.2, 0.25) is 0 Å². The molecule has 0 bridgehead atoms. The molecule has 0 aliphatic rings. The van der Waals surface area contributed by atoms with Crippen molar-refractivity contribution in [3.05, 3.63) is 34.9 Å². The molecule has 1 aromatic carbocycles. The molecular weight excluding hydrogens is 236 g/mol. The molecule has 0 N–H and O–H groups in total. The van der Waals surface area contributed by atoms with E-state index in [1.165, 1.54) is 11.1 Å². The number of alkyl halides is 1. The summed E-state index contributed by atoms with van der Waals surface area (Å²) in [7, 11) is 0. The molecule has 0 unspecified atom stereocenters. The van der Waals surface area contributed by atoms with Gasteiger partial charge in [-0.15, -0.1) is 11.6 Å². The molecule has 2 nitrogen and oxygen atoms in total. The van der Waals surface area contributed by atoms with Crippen molar-refractivity contribution in [2.45, 2.75) is 33.1 Å². The van der Waals surface area contributed by atoms with E-state index in [-0.39, 0.29) is 5.97 Å². The second-order valence-corrected chi connectivity index (χ2v) is 4.41. The minimum Gasteiger partial charge on any atom is -0.466 e. The predicted molar refractivity (Wildman–Crippen MR) is 70.6 cm³/mol. The number of hydrogen-bond acceptors (Lipinski definition) is 2. The summed E-state index contributed by atoms with van der Waals surface area (Å²) >= 11 is 5.68. The average molecular weight is 255 g/mol. The maximum absolute atomic E-state index is 11.3. The van der Waals surface area contributed by atoms with Crippen LogP contribution < -0.4 is 0 Å². The molecule has 0 saturated carbocycles. The highest BCUT2D eigenvalue weighted by Gasteiger charge is 2.05. The van der Waals surface area contributed by atoms with Gasteiger partial charge in [0.05, 0.1) is 13.0 Å². The molecule has 17 heavy (non-hydrogen) atoms. The van der Waals surface area contributed by atoms with E-state index in [9.17, 15) is 4.79 Å². The summed E-state index contributed by atoms with van der Waals surface area (Å²) in [5.74, 6) is 0.518. The highest BCUT2D eigenvalue weighted by Crippen LogP contribution is 2.14. The zero-order valence-corrected chi connectivity index (χ0v) is 11.2. The number of rotatable bonds is 6. The van der Waals surface area contributed by atoms with Crippen molar-refractivity contribution in [3.63, 3.8) is 0 Å². The number of carbonyl (C=O) groups is 1. The Hall–Kier alpha value is -1.02. The summed E-state index contributed by atoms with van der Waals surface area (Å²) in [6.07, 6.45) is 2.33. The molecule has 0 aliphatic heterocycles. The molecule has 1 aromatic rings. The van der Waals surface area contributed by atoms with Gasteiger partial charge in [-0.3, -0.25) is 4.79 Å². The van der Waals surface area contributed by atoms with Gasteiger partial charge in [0.2, 0.25) is 0 Å². The Balaban J connectivity index is 2.64. The lowest BCUT2D eigenvalue weighted by molar-refractivity contribution is -0.142. The minimum absolute atomic E-state index is 0.166. The highest BCUT2D eigenvalue weighted by atomic mass is 35.5. The summed E-state index contributed by atoms with van der Waals surface area (Å²) in [5, 5.41) is 0. The van der Waals surface area contributed by atoms with Crippen molar-refractivity contribution in [1.29, 1.82) is 0 Å². The van der Waals surface area contributed by atoms with Crippen LogP contribution in [0.1, 0.15) is 30.0 Å². The zero-order chi connectivity index (χ0) is 12.7. The first-order valence-corrected chi connectivity index (χ1v) is 6.50. The predicted octanol–water partition coefficient (Wildman–Crippen LogP) is 3.27. The summed E-state index contributed by atoms with van der Waals surface area (Å²) < 4.78 is 4.92. The number of hydrogen-bond donors (Lipinski definition) is 0. The molecule has 0 heterocycles. The lowest BCUT2D eigenvalue weighted by Gasteiger charge is -2.08. The van der Waals surface area contributed by atoms with Gasteiger partial charge in [0, 0.05) is 5.88 Å². The first-order chi connectivity index (χ1) is 8.17. The van der Waals surface area contributed by atoms with Crippen LogP contribution >= 0.6 is 11.6 Å². The van der Waals surface area contributed by atoms with Gasteiger partial charge in [-0.05, 0) is 43.4 Å². The molecule has 0 atom stereocenters. The van der Waals surface area contributed by atoms with Crippen LogP contribution in [0.15, 0.2) is 18.2 Å². The number of ether oxygens (including phenoxy) is 1. The Morgan fingerprint density at radius 2 is 2.18 bits per heavy atom. The van der Waals surface area contributed by atoms with Crippen LogP contribution in [0.5, 0.6) is 0 Å². The quantitative estimate of drug-likeness (QED) is 0.575. The molecule has 0 amide bonds. The standard InChI is InChI=1S/C14H19ClO2/c1-3-17-14(16)10-12-6-7-13(5-4-8-15)11(2)9-12/h6-7,9H,3-5,8,10H2,1-2H3. The van der Waals surface area contributed by atoms with Crippen LogP contribution in [0.3, 0.4) is 0 Å². The normalized spacial score (nSPS) is 10.3. The first kappa shape index (κ1) is 14.0. The van der Waals surface area contributed by atoms with E-state index in [4.69, 9.17) is 16.3 Å². The smallest absolute Gasteiger partial charge is 0.310 e. The fraction of sp³-hybridized carbons (Fsp3) is 0.500. The molecule has 0 radical (unpaired) electrons. The summed E-state index contributed by atoms with van der Waals surface area (Å²) in [6.45, 7) is 4.32. The molecule has 0 aliphatic carbocycles. The largest absolute Gasteiger partial charge is 0.466 e. The number of esters is 1. The summed E-state index contributed by atoms with van der Waals surface area (Å²) in [5.41, 5.74) is 3.53. The first-order valence-electron chi connectivity index (χ1n) is 5.97. The van der Waals surface area contributed by atoms with E-state index in [0.717, 1.165) is 18.4 Å². The Morgan fingerprint density at radius 1 is 1.41 bits per heavy atom. The van der Waals surface area contributed by atoms with Gasteiger partial charge in [-0.25, -0.2) is 0 Å². The summed E-state index contributed by atoms with van der Waals surface area (Å²) in [4.78, 5) is 11.3. The Bertz CT molecular complexity index is 374. The molecule has 0 fully saturated rings. The van der Waals surface area contributed by atoms with Crippen molar-refractivity contribution in [1.82, 2.24) is 0 Å². The van der Waals surface area contributed by atoms with Crippen LogP contribution in [-0.2, 0) is 22.4 Å². The van der Waals surface area contributed by atoms with E-state index < -0.39 is 0 Å². The lowest BCUT2D eigenvalue weighted by Crippen LogP contribution is -2.07. The lowest BCUT2D eigenvalue weighted by atomic mass is 10.0.